The Morgan fingerprint density at radius 2 is 1.86 bits per heavy atom. The van der Waals surface area contributed by atoms with Gasteiger partial charge in [-0.25, -0.2) is 4.98 Å². The van der Waals surface area contributed by atoms with Crippen LogP contribution in [0.5, 0.6) is 0 Å². The van der Waals surface area contributed by atoms with Crippen molar-refractivity contribution in [2.45, 2.75) is 32.7 Å². The molecule has 154 valence electrons. The molecule has 2 aromatic rings. The third-order valence-corrected chi connectivity index (χ3v) is 4.66. The zero-order valence-corrected chi connectivity index (χ0v) is 17.2. The van der Waals surface area contributed by atoms with Gasteiger partial charge in [-0.3, -0.25) is 9.78 Å². The lowest BCUT2D eigenvalue weighted by molar-refractivity contribution is -0.119. The Kier molecular flexibility index (Phi) is 8.48. The summed E-state index contributed by atoms with van der Waals surface area (Å²) in [6, 6.07) is 3.76. The molecule has 4 heterocycles. The van der Waals surface area contributed by atoms with E-state index < -0.39 is 0 Å². The predicted molar refractivity (Wildman–Crippen MR) is 116 cm³/mol. The van der Waals surface area contributed by atoms with Crippen LogP contribution >= 0.6 is 0 Å². The fraction of sp³-hybridized carbons (Fsp3) is 0.364. The van der Waals surface area contributed by atoms with Crippen LogP contribution in [0.3, 0.4) is 0 Å². The van der Waals surface area contributed by atoms with Gasteiger partial charge in [0.05, 0.1) is 5.69 Å². The van der Waals surface area contributed by atoms with Crippen molar-refractivity contribution in [1.82, 2.24) is 15.3 Å². The number of dihydropyridines is 1. The number of Topliss-reactive ketones (excluding diaryl/α,β-unsaturated/α-hetero) is 1. The van der Waals surface area contributed by atoms with Gasteiger partial charge in [0.1, 0.15) is 18.6 Å². The summed E-state index contributed by atoms with van der Waals surface area (Å²) in [5.74, 6) is 1.01. The van der Waals surface area contributed by atoms with Crippen molar-refractivity contribution in [2.75, 3.05) is 25.6 Å². The zero-order chi connectivity index (χ0) is 21.2. The van der Waals surface area contributed by atoms with E-state index in [0.717, 1.165) is 46.6 Å². The van der Waals surface area contributed by atoms with E-state index in [0.29, 0.717) is 6.42 Å². The van der Waals surface area contributed by atoms with Crippen LogP contribution in [-0.4, -0.2) is 48.8 Å². The minimum Gasteiger partial charge on any atom is -0.381 e. The predicted octanol–water partition coefficient (Wildman–Crippen LogP) is 3.13. The zero-order valence-electron chi connectivity index (χ0n) is 17.2. The van der Waals surface area contributed by atoms with Gasteiger partial charge < -0.3 is 20.2 Å². The van der Waals surface area contributed by atoms with Crippen molar-refractivity contribution in [3.8, 4) is 0 Å². The van der Waals surface area contributed by atoms with Gasteiger partial charge in [-0.05, 0) is 31.1 Å². The molecule has 0 bridgehead atoms. The summed E-state index contributed by atoms with van der Waals surface area (Å²) in [5.41, 5.74) is 2.94. The van der Waals surface area contributed by atoms with Gasteiger partial charge >= 0.3 is 0 Å². The van der Waals surface area contributed by atoms with E-state index in [2.05, 4.69) is 20.6 Å². The molecule has 4 rings (SSSR count). The number of nitrogens with one attached hydrogen (secondary N) is 2. The molecule has 2 aromatic heterocycles. The molecule has 1 fully saturated rings. The summed E-state index contributed by atoms with van der Waals surface area (Å²) in [6.07, 6.45) is 9.35. The molecule has 7 nitrogen and oxygen atoms in total. The lowest BCUT2D eigenvalue weighted by Gasteiger charge is -2.20. The average Bonchev–Trinajstić information content (AvgIpc) is 2.72. The molecule has 0 amide bonds. The highest BCUT2D eigenvalue weighted by atomic mass is 16.5. The number of anilines is 1. The summed E-state index contributed by atoms with van der Waals surface area (Å²) in [5, 5.41) is 8.26. The number of rotatable bonds is 4. The molecular formula is C22H28N4O3. The molecule has 1 unspecified atom stereocenters. The average molecular weight is 396 g/mol. The quantitative estimate of drug-likeness (QED) is 0.820. The molecule has 2 aliphatic rings. The van der Waals surface area contributed by atoms with Crippen molar-refractivity contribution in [1.29, 1.82) is 0 Å². The first-order valence-electron chi connectivity index (χ1n) is 9.60. The Labute approximate surface area is 171 Å². The van der Waals surface area contributed by atoms with Crippen LogP contribution < -0.4 is 10.6 Å². The summed E-state index contributed by atoms with van der Waals surface area (Å²) in [6.45, 7) is 7.89. The van der Waals surface area contributed by atoms with E-state index in [1.54, 1.807) is 0 Å². The van der Waals surface area contributed by atoms with Crippen molar-refractivity contribution in [2.24, 2.45) is 0 Å². The van der Waals surface area contributed by atoms with Crippen LogP contribution in [0.2, 0.25) is 0 Å². The first-order chi connectivity index (χ1) is 14.1. The number of nitrogens with zero attached hydrogens (tertiary/aromatic N) is 2. The second-order valence-electron chi connectivity index (χ2n) is 6.57. The molecule has 2 N–H and O–H groups in total. The maximum Gasteiger partial charge on any atom is 0.158 e. The fourth-order valence-corrected chi connectivity index (χ4v) is 2.82. The maximum atomic E-state index is 11.8. The summed E-state index contributed by atoms with van der Waals surface area (Å²) in [4.78, 5) is 28.7. The number of carbonyl (C=O) groups excluding carboxylic acids is 2. The number of pyridine rings is 2. The van der Waals surface area contributed by atoms with Gasteiger partial charge in [-0.2, -0.15) is 0 Å². The van der Waals surface area contributed by atoms with Crippen molar-refractivity contribution >= 4 is 34.7 Å². The maximum absolute atomic E-state index is 11.8. The van der Waals surface area contributed by atoms with Crippen LogP contribution in [0.15, 0.2) is 42.4 Å². The molecule has 1 atom stereocenters. The first kappa shape index (κ1) is 22.2. The molecule has 2 aliphatic heterocycles. The van der Waals surface area contributed by atoms with E-state index >= 15 is 0 Å². The number of aromatic nitrogens is 2. The summed E-state index contributed by atoms with van der Waals surface area (Å²) < 4.78 is 4.72. The van der Waals surface area contributed by atoms with Crippen LogP contribution in [0.1, 0.15) is 32.4 Å². The van der Waals surface area contributed by atoms with E-state index in [9.17, 15) is 4.79 Å². The first-order valence-corrected chi connectivity index (χ1v) is 9.60. The minimum absolute atomic E-state index is 0.190. The SMILES string of the molecule is C1COC1.C=O.CCC(=O)C1C=C(C)C(c2cc3cnc(NC)cc3cn2)=CN1. The molecule has 0 aromatic carbocycles. The Balaban J connectivity index is 0.000000436. The minimum atomic E-state index is -0.232. The van der Waals surface area contributed by atoms with Crippen LogP contribution in [-0.2, 0) is 14.3 Å². The number of fused-ring (bicyclic) bond motifs is 1. The Hall–Kier alpha value is -3.06. The second kappa shape index (κ2) is 11.1. The fourth-order valence-electron chi connectivity index (χ4n) is 2.82. The van der Waals surface area contributed by atoms with Crippen molar-refractivity contribution < 1.29 is 14.3 Å². The Morgan fingerprint density at radius 3 is 2.41 bits per heavy atom. The summed E-state index contributed by atoms with van der Waals surface area (Å²) >= 11 is 0. The molecule has 0 saturated carbocycles. The molecule has 1 saturated heterocycles. The molecule has 0 radical (unpaired) electrons. The number of ether oxygens (including phenoxy) is 1. The second-order valence-corrected chi connectivity index (χ2v) is 6.57. The standard InChI is InChI=1S/C18H20N4O.C3H6O.CH2O/c1-4-17(23)16-5-11(2)14(10-21-16)15-6-12-9-22-18(19-3)7-13(12)8-20-15;1-2-4-3-1;1-2/h5-10,16,21H,4H2,1-3H3,(H,19,22);1-3H2;1H2. The summed E-state index contributed by atoms with van der Waals surface area (Å²) in [7, 11) is 1.84. The molecule has 29 heavy (non-hydrogen) atoms. The van der Waals surface area contributed by atoms with Crippen molar-refractivity contribution in [3.63, 3.8) is 0 Å². The van der Waals surface area contributed by atoms with Gasteiger partial charge in [0.25, 0.3) is 0 Å². The normalized spacial score (nSPS) is 17.1. The van der Waals surface area contributed by atoms with E-state index in [1.165, 1.54) is 6.42 Å². The highest BCUT2D eigenvalue weighted by molar-refractivity contribution is 5.91. The molecule has 0 aliphatic carbocycles. The lowest BCUT2D eigenvalue weighted by Crippen LogP contribution is -2.33. The molecule has 7 heteroatoms. The number of allylic oxidation sites excluding steroid dienone is 2. The highest BCUT2D eigenvalue weighted by Gasteiger charge is 2.19. The van der Waals surface area contributed by atoms with E-state index in [1.807, 2.05) is 64.5 Å². The number of carbonyl (C=O) groups is 2. The molecule has 0 spiro atoms. The third kappa shape index (κ3) is 5.71. The van der Waals surface area contributed by atoms with Gasteiger partial charge in [0, 0.05) is 61.6 Å². The highest BCUT2D eigenvalue weighted by Crippen LogP contribution is 2.27. The van der Waals surface area contributed by atoms with Gasteiger partial charge in [0.2, 0.25) is 0 Å². The van der Waals surface area contributed by atoms with Crippen LogP contribution in [0.25, 0.3) is 16.3 Å². The third-order valence-electron chi connectivity index (χ3n) is 4.66. The lowest BCUT2D eigenvalue weighted by atomic mass is 9.96. The number of hydrogen-bond donors (Lipinski definition) is 2. The Morgan fingerprint density at radius 1 is 1.24 bits per heavy atom. The van der Waals surface area contributed by atoms with E-state index in [-0.39, 0.29) is 11.8 Å². The van der Waals surface area contributed by atoms with Crippen LogP contribution in [0.4, 0.5) is 5.82 Å². The number of ketones is 1. The van der Waals surface area contributed by atoms with Crippen molar-refractivity contribution in [3.05, 3.63) is 48.1 Å². The number of hydrogen-bond acceptors (Lipinski definition) is 7. The molecular weight excluding hydrogens is 368 g/mol. The van der Waals surface area contributed by atoms with E-state index in [4.69, 9.17) is 9.53 Å². The monoisotopic (exact) mass is 396 g/mol. The smallest absolute Gasteiger partial charge is 0.158 e. The van der Waals surface area contributed by atoms with Gasteiger partial charge in [-0.1, -0.05) is 13.0 Å². The van der Waals surface area contributed by atoms with Gasteiger partial charge in [0.15, 0.2) is 5.78 Å². The topological polar surface area (TPSA) is 93.2 Å². The van der Waals surface area contributed by atoms with Crippen LogP contribution in [0, 0.1) is 0 Å². The van der Waals surface area contributed by atoms with Gasteiger partial charge in [-0.15, -0.1) is 0 Å². The Bertz CT molecular complexity index is 900. The largest absolute Gasteiger partial charge is 0.381 e.